The average Bonchev–Trinajstić information content (AvgIpc) is 2.75. The molecule has 0 saturated heterocycles. The van der Waals surface area contributed by atoms with Gasteiger partial charge in [0.05, 0.1) is 6.61 Å². The molecule has 2 atom stereocenters. The van der Waals surface area contributed by atoms with Crippen LogP contribution >= 0.6 is 0 Å². The Kier molecular flexibility index (Phi) is 13.9. The molecule has 0 aliphatic heterocycles. The lowest BCUT2D eigenvalue weighted by molar-refractivity contribution is -0.164. The molecule has 7 heteroatoms. The summed E-state index contributed by atoms with van der Waals surface area (Å²) in [5, 5.41) is 2.72. The van der Waals surface area contributed by atoms with Crippen molar-refractivity contribution in [2.24, 2.45) is 5.92 Å². The normalized spacial score (nSPS) is 14.7. The molecule has 0 radical (unpaired) electrons. The highest BCUT2D eigenvalue weighted by atomic mass is 16.6. The number of Topliss-reactive ketones (excluding diaryl/α,β-unsaturated/α-hetero) is 1. The second-order valence-corrected chi connectivity index (χ2v) is 10.3. The van der Waals surface area contributed by atoms with Gasteiger partial charge in [-0.05, 0) is 66.7 Å². The predicted molar refractivity (Wildman–Crippen MR) is 135 cm³/mol. The first-order chi connectivity index (χ1) is 15.6. The van der Waals surface area contributed by atoms with Crippen LogP contribution in [0.15, 0.2) is 12.2 Å². The minimum atomic E-state index is -1.21. The Bertz CT molecular complexity index is 685. The first kappa shape index (κ1) is 32.3. The van der Waals surface area contributed by atoms with Gasteiger partial charge in [0.15, 0.2) is 11.5 Å². The predicted octanol–water partition coefficient (Wildman–Crippen LogP) is 5.50. The van der Waals surface area contributed by atoms with Crippen LogP contribution in [0.2, 0.25) is 0 Å². The lowest BCUT2D eigenvalue weighted by Crippen LogP contribution is -2.55. The molecule has 0 aromatic carbocycles. The van der Waals surface area contributed by atoms with Gasteiger partial charge in [-0.25, -0.2) is 4.79 Å². The van der Waals surface area contributed by atoms with Gasteiger partial charge in [-0.15, -0.1) is 0 Å². The van der Waals surface area contributed by atoms with E-state index in [1.165, 1.54) is 6.42 Å². The third-order valence-electron chi connectivity index (χ3n) is 6.13. The maximum absolute atomic E-state index is 12.9. The number of esters is 1. The van der Waals surface area contributed by atoms with Crippen molar-refractivity contribution in [1.29, 1.82) is 0 Å². The molecular formula is C27H49NO6. The van der Waals surface area contributed by atoms with Crippen LogP contribution in [0.5, 0.6) is 0 Å². The summed E-state index contributed by atoms with van der Waals surface area (Å²) in [6, 6.07) is 0. The molecule has 1 N–H and O–H groups in total. The van der Waals surface area contributed by atoms with Crippen molar-refractivity contribution < 1.29 is 28.6 Å². The van der Waals surface area contributed by atoms with Crippen LogP contribution in [0.1, 0.15) is 107 Å². The van der Waals surface area contributed by atoms with Crippen molar-refractivity contribution in [3.63, 3.8) is 0 Å². The Morgan fingerprint density at radius 2 is 1.59 bits per heavy atom. The molecule has 0 spiro atoms. The standard InChI is InChI=1S/C27H49NO6/c1-11-14-16-21(12-2)19-33-25(6,7)22(29)17-15-18-32-27(10,13-3)24(31)28-26(8,9)34-23(30)20(4)5/h21H,4,11-19H2,1-3,5-10H3,(H,28,31). The van der Waals surface area contributed by atoms with Crippen LogP contribution in [0.3, 0.4) is 0 Å². The molecule has 198 valence electrons. The largest absolute Gasteiger partial charge is 0.436 e. The zero-order valence-electron chi connectivity index (χ0n) is 23.1. The lowest BCUT2D eigenvalue weighted by Gasteiger charge is -2.33. The first-order valence-corrected chi connectivity index (χ1v) is 12.7. The molecule has 0 fully saturated rings. The fraction of sp³-hybridized carbons (Fsp3) is 0.815. The number of rotatable bonds is 18. The zero-order valence-corrected chi connectivity index (χ0v) is 23.1. The molecule has 0 aliphatic rings. The highest BCUT2D eigenvalue weighted by molar-refractivity contribution is 5.88. The van der Waals surface area contributed by atoms with E-state index < -0.39 is 22.9 Å². The van der Waals surface area contributed by atoms with E-state index in [0.29, 0.717) is 31.8 Å². The zero-order chi connectivity index (χ0) is 26.6. The maximum Gasteiger partial charge on any atom is 0.335 e. The summed E-state index contributed by atoms with van der Waals surface area (Å²) in [4.78, 5) is 37.4. The van der Waals surface area contributed by atoms with E-state index in [1.807, 2.05) is 20.8 Å². The van der Waals surface area contributed by atoms with Crippen LogP contribution in [-0.2, 0) is 28.6 Å². The van der Waals surface area contributed by atoms with E-state index in [2.05, 4.69) is 25.7 Å². The Labute approximate surface area is 207 Å². The SMILES string of the molecule is C=C(C)C(=O)OC(C)(C)NC(=O)C(C)(CC)OCCCC(=O)C(C)(C)OCC(CC)CCCC. The molecular weight excluding hydrogens is 434 g/mol. The third-order valence-corrected chi connectivity index (χ3v) is 6.13. The second-order valence-electron chi connectivity index (χ2n) is 10.3. The first-order valence-electron chi connectivity index (χ1n) is 12.7. The fourth-order valence-corrected chi connectivity index (χ4v) is 3.21. The number of carbonyl (C=O) groups is 3. The average molecular weight is 484 g/mol. The van der Waals surface area contributed by atoms with Crippen molar-refractivity contribution in [2.75, 3.05) is 13.2 Å². The Hall–Kier alpha value is -1.73. The number of ether oxygens (including phenoxy) is 3. The molecule has 7 nitrogen and oxygen atoms in total. The van der Waals surface area contributed by atoms with Gasteiger partial charge in [0.25, 0.3) is 5.91 Å². The van der Waals surface area contributed by atoms with E-state index >= 15 is 0 Å². The van der Waals surface area contributed by atoms with Gasteiger partial charge in [0.1, 0.15) is 11.2 Å². The molecule has 0 saturated carbocycles. The smallest absolute Gasteiger partial charge is 0.335 e. The quantitative estimate of drug-likeness (QED) is 0.120. The summed E-state index contributed by atoms with van der Waals surface area (Å²) in [7, 11) is 0. The molecule has 0 aromatic heterocycles. The van der Waals surface area contributed by atoms with Crippen LogP contribution in [0.25, 0.3) is 0 Å². The molecule has 1 amide bonds. The minimum Gasteiger partial charge on any atom is -0.436 e. The van der Waals surface area contributed by atoms with E-state index in [9.17, 15) is 14.4 Å². The highest BCUT2D eigenvalue weighted by Gasteiger charge is 2.37. The van der Waals surface area contributed by atoms with Gasteiger partial charge in [-0.3, -0.25) is 9.59 Å². The molecule has 0 aromatic rings. The molecule has 0 bridgehead atoms. The Balaban J connectivity index is 4.71. The van der Waals surface area contributed by atoms with Crippen molar-refractivity contribution >= 4 is 17.7 Å². The summed E-state index contributed by atoms with van der Waals surface area (Å²) in [6.07, 6.45) is 5.69. The molecule has 0 heterocycles. The van der Waals surface area contributed by atoms with Crippen LogP contribution in [0.4, 0.5) is 0 Å². The van der Waals surface area contributed by atoms with Gasteiger partial charge in [-0.1, -0.05) is 46.6 Å². The molecule has 0 rings (SSSR count). The Morgan fingerprint density at radius 3 is 2.09 bits per heavy atom. The van der Waals surface area contributed by atoms with E-state index in [-0.39, 0.29) is 23.9 Å². The summed E-state index contributed by atoms with van der Waals surface area (Å²) in [5.41, 5.74) is -2.92. The number of unbranched alkanes of at least 4 members (excludes halogenated alkanes) is 1. The van der Waals surface area contributed by atoms with Crippen LogP contribution in [-0.4, -0.2) is 47.8 Å². The van der Waals surface area contributed by atoms with E-state index in [4.69, 9.17) is 14.2 Å². The summed E-state index contributed by atoms with van der Waals surface area (Å²) in [6.45, 7) is 20.6. The van der Waals surface area contributed by atoms with Crippen molar-refractivity contribution in [2.45, 2.75) is 124 Å². The van der Waals surface area contributed by atoms with Gasteiger partial charge < -0.3 is 19.5 Å². The number of ketones is 1. The lowest BCUT2D eigenvalue weighted by atomic mass is 9.97. The van der Waals surface area contributed by atoms with Crippen LogP contribution in [0, 0.1) is 5.92 Å². The van der Waals surface area contributed by atoms with Crippen molar-refractivity contribution in [3.05, 3.63) is 12.2 Å². The monoisotopic (exact) mass is 483 g/mol. The Morgan fingerprint density at radius 1 is 0.971 bits per heavy atom. The minimum absolute atomic E-state index is 0.0249. The number of nitrogens with one attached hydrogen (secondary N) is 1. The van der Waals surface area contributed by atoms with Gasteiger partial charge in [0.2, 0.25) is 0 Å². The number of hydrogen-bond donors (Lipinski definition) is 1. The van der Waals surface area contributed by atoms with Crippen molar-refractivity contribution in [3.8, 4) is 0 Å². The van der Waals surface area contributed by atoms with E-state index in [1.54, 1.807) is 27.7 Å². The fourth-order valence-electron chi connectivity index (χ4n) is 3.21. The van der Waals surface area contributed by atoms with Gasteiger partial charge >= 0.3 is 5.97 Å². The summed E-state index contributed by atoms with van der Waals surface area (Å²) >= 11 is 0. The molecule has 2 unspecified atom stereocenters. The summed E-state index contributed by atoms with van der Waals surface area (Å²) < 4.78 is 17.2. The van der Waals surface area contributed by atoms with Gasteiger partial charge in [-0.2, -0.15) is 0 Å². The highest BCUT2D eigenvalue weighted by Crippen LogP contribution is 2.22. The van der Waals surface area contributed by atoms with Gasteiger partial charge in [0, 0.05) is 18.6 Å². The topological polar surface area (TPSA) is 90.9 Å². The molecule has 34 heavy (non-hydrogen) atoms. The van der Waals surface area contributed by atoms with E-state index in [0.717, 1.165) is 19.3 Å². The summed E-state index contributed by atoms with van der Waals surface area (Å²) in [5.74, 6) is -0.472. The van der Waals surface area contributed by atoms with Crippen molar-refractivity contribution in [1.82, 2.24) is 5.32 Å². The third kappa shape index (κ3) is 11.6. The number of amides is 1. The maximum atomic E-state index is 12.9. The number of carbonyl (C=O) groups excluding carboxylic acids is 3. The number of hydrogen-bond acceptors (Lipinski definition) is 6. The van der Waals surface area contributed by atoms with Crippen LogP contribution < -0.4 is 5.32 Å². The molecule has 0 aliphatic carbocycles. The second kappa shape index (κ2) is 14.6.